The second-order valence-electron chi connectivity index (χ2n) is 4.23. The first-order valence-electron chi connectivity index (χ1n) is 5.05. The summed E-state index contributed by atoms with van der Waals surface area (Å²) in [5.41, 5.74) is 0.0255. The molecule has 0 heterocycles. The Hall–Kier alpha value is -2.36. The minimum absolute atomic E-state index is 0.0255. The van der Waals surface area contributed by atoms with Crippen molar-refractivity contribution in [2.24, 2.45) is 0 Å². The van der Waals surface area contributed by atoms with E-state index < -0.39 is 9.92 Å². The molecule has 1 rings (SSSR count). The van der Waals surface area contributed by atoms with Crippen molar-refractivity contribution in [1.29, 1.82) is 0 Å². The van der Waals surface area contributed by atoms with Gasteiger partial charge in [-0.15, -0.1) is 0 Å². The van der Waals surface area contributed by atoms with Crippen LogP contribution in [0, 0.1) is 0 Å². The van der Waals surface area contributed by atoms with Crippen molar-refractivity contribution < 1.29 is 37.3 Å². The van der Waals surface area contributed by atoms with E-state index in [9.17, 15) is 24.0 Å². The second-order valence-corrected chi connectivity index (χ2v) is 24.5. The Bertz CT molecular complexity index is 1290. The second kappa shape index (κ2) is 3.60. The molecule has 0 atom stereocenters. The Labute approximate surface area is 106 Å². The summed E-state index contributed by atoms with van der Waals surface area (Å²) in [5, 5.41) is 0. The minimum atomic E-state index is -8.37. The zero-order valence-electron chi connectivity index (χ0n) is 10.3. The number of hydrogen-bond acceptors (Lipinski definition) is 6. The number of rotatable bonds is 2. The van der Waals surface area contributed by atoms with Crippen LogP contribution < -0.4 is 0 Å². The predicted octanol–water partition coefficient (Wildman–Crippen LogP) is -0.505. The van der Waals surface area contributed by atoms with E-state index in [4.69, 9.17) is 0 Å². The maximum absolute atomic E-state index is 11.5. The van der Waals surface area contributed by atoms with Gasteiger partial charge in [0, 0.05) is 0 Å². The zero-order chi connectivity index (χ0) is 15.4. The third kappa shape index (κ3) is 1.36. The summed E-state index contributed by atoms with van der Waals surface area (Å²) in [5.74, 6) is 0. The standard InChI is InChI=1S/C7H6.CH3O.5CO.W/c1-7-5-3-2-4-6-7;6*1-2;/h1-6H;1H3;;;;;;/q;-1;;;;;;+1. The molecule has 103 valence electrons. The van der Waals surface area contributed by atoms with Gasteiger partial charge in [0.1, 0.15) is 0 Å². The SMILES string of the molecule is C[O][W](=[C]=O)(=[C]=O)(=[C]=O)(=[C]=O)(=[C]=O)=[CH]c1ccccc1. The van der Waals surface area contributed by atoms with E-state index in [1.165, 1.54) is 24.3 Å². The van der Waals surface area contributed by atoms with Crippen LogP contribution in [-0.2, 0) is 37.3 Å². The van der Waals surface area contributed by atoms with Gasteiger partial charge in [-0.3, -0.25) is 0 Å². The molecule has 0 saturated carbocycles. The summed E-state index contributed by atoms with van der Waals surface area (Å²) in [6.07, 6.45) is 0. The van der Waals surface area contributed by atoms with Crippen LogP contribution in [0.15, 0.2) is 30.3 Å². The van der Waals surface area contributed by atoms with Gasteiger partial charge in [0.25, 0.3) is 0 Å². The monoisotopic (exact) mass is 445 g/mol. The van der Waals surface area contributed by atoms with Gasteiger partial charge >= 0.3 is 106 Å². The fourth-order valence-corrected chi connectivity index (χ4v) is 8.50. The third-order valence-corrected chi connectivity index (χ3v) is 19.1. The summed E-state index contributed by atoms with van der Waals surface area (Å²) in [6, 6.07) is 7.25. The van der Waals surface area contributed by atoms with Gasteiger partial charge in [-0.25, -0.2) is 0 Å². The molecule has 0 aliphatic carbocycles. The maximum atomic E-state index is 11.5. The summed E-state index contributed by atoms with van der Waals surface area (Å²) < 4.78 is 9.79. The predicted molar refractivity (Wildman–Crippen MR) is 67.1 cm³/mol. The molecule has 0 aromatic heterocycles. The Balaban J connectivity index is 5.37. The third-order valence-electron chi connectivity index (χ3n) is 3.04. The van der Waals surface area contributed by atoms with Gasteiger partial charge in [-0.1, -0.05) is 0 Å². The summed E-state index contributed by atoms with van der Waals surface area (Å²) >= 11 is 0. The molecule has 0 unspecified atom stereocenters. The van der Waals surface area contributed by atoms with E-state index in [-0.39, 0.29) is 5.56 Å². The normalized spacial score (nSPS) is 12.9. The molecule has 0 amide bonds. The van der Waals surface area contributed by atoms with Crippen molar-refractivity contribution in [3.05, 3.63) is 35.9 Å². The van der Waals surface area contributed by atoms with Crippen LogP contribution in [0.3, 0.4) is 0 Å². The molecule has 0 N–H and O–H groups in total. The van der Waals surface area contributed by atoms with Crippen LogP contribution in [-0.4, -0.2) is 32.8 Å². The number of benzene rings is 1. The van der Waals surface area contributed by atoms with Gasteiger partial charge in [0.15, 0.2) is 0 Å². The van der Waals surface area contributed by atoms with Crippen LogP contribution in [0.2, 0.25) is 0 Å². The topological polar surface area (TPSA) is 94.6 Å². The molecule has 1 aromatic carbocycles. The van der Waals surface area contributed by atoms with Crippen LogP contribution in [0.5, 0.6) is 0 Å². The molecule has 20 heavy (non-hydrogen) atoms. The van der Waals surface area contributed by atoms with Gasteiger partial charge in [0.2, 0.25) is 0 Å². The molecule has 0 saturated heterocycles. The first-order valence-corrected chi connectivity index (χ1v) is 15.3. The van der Waals surface area contributed by atoms with Crippen molar-refractivity contribution in [3.63, 3.8) is 0 Å². The molecule has 0 radical (unpaired) electrons. The fourth-order valence-electron chi connectivity index (χ4n) is 1.44. The first kappa shape index (κ1) is 15.7. The van der Waals surface area contributed by atoms with E-state index in [2.05, 4.69) is 3.39 Å². The molecular formula is C13H9O6W. The van der Waals surface area contributed by atoms with E-state index >= 15 is 0 Å². The van der Waals surface area contributed by atoms with Crippen molar-refractivity contribution in [1.82, 2.24) is 0 Å². The average Bonchev–Trinajstić information content (AvgIpc) is 2.56. The summed E-state index contributed by atoms with van der Waals surface area (Å²) in [4.78, 5) is 57.5. The molecule has 0 spiro atoms. The van der Waals surface area contributed by atoms with Crippen molar-refractivity contribution in [3.8, 4) is 0 Å². The number of carbonyl (C=O) groups excluding carboxylic acids is 5. The van der Waals surface area contributed by atoms with Gasteiger partial charge in [-0.2, -0.15) is 0 Å². The van der Waals surface area contributed by atoms with Crippen LogP contribution in [0.25, 0.3) is 0 Å². The van der Waals surface area contributed by atoms with E-state index in [1.807, 2.05) is 0 Å². The van der Waals surface area contributed by atoms with Gasteiger partial charge in [-0.05, 0) is 0 Å². The Morgan fingerprint density at radius 2 is 1.25 bits per heavy atom. The first-order chi connectivity index (χ1) is 9.34. The molecule has 0 bridgehead atoms. The Morgan fingerprint density at radius 3 is 1.55 bits per heavy atom. The van der Waals surface area contributed by atoms with Crippen molar-refractivity contribution >= 4 is 25.7 Å². The molecule has 6 nitrogen and oxygen atoms in total. The van der Waals surface area contributed by atoms with Gasteiger partial charge in [0.05, 0.1) is 0 Å². The van der Waals surface area contributed by atoms with E-state index in [1.54, 1.807) is 6.07 Å². The number of hydrogen-bond donors (Lipinski definition) is 0. The molecule has 0 aliphatic heterocycles. The van der Waals surface area contributed by atoms with E-state index in [0.29, 0.717) is 11.5 Å². The molecular weight excluding hydrogens is 436 g/mol. The van der Waals surface area contributed by atoms with Gasteiger partial charge < -0.3 is 0 Å². The van der Waals surface area contributed by atoms with Crippen LogP contribution in [0.1, 0.15) is 5.56 Å². The van der Waals surface area contributed by atoms with E-state index in [0.717, 1.165) is 21.3 Å². The molecule has 0 aliphatic rings. The fraction of sp³-hybridized carbons (Fsp3) is 0.0769. The summed E-state index contributed by atoms with van der Waals surface area (Å²) in [7, 11) is -7.69. The quantitative estimate of drug-likeness (QED) is 0.610. The van der Waals surface area contributed by atoms with Crippen molar-refractivity contribution in [2.75, 3.05) is 7.11 Å². The van der Waals surface area contributed by atoms with Crippen LogP contribution in [0.4, 0.5) is 0 Å². The average molecular weight is 445 g/mol. The summed E-state index contributed by atoms with van der Waals surface area (Å²) in [6.45, 7) is 0. The molecule has 7 heteroatoms. The Morgan fingerprint density at radius 1 is 0.850 bits per heavy atom. The Kier molecular flexibility index (Phi) is 2.82. The van der Waals surface area contributed by atoms with Crippen LogP contribution >= 0.6 is 0 Å². The molecule has 1 aromatic rings. The molecule has 0 fully saturated rings. The van der Waals surface area contributed by atoms with Crippen molar-refractivity contribution in [2.45, 2.75) is 0 Å². The zero-order valence-corrected chi connectivity index (χ0v) is 13.3.